The molecule has 0 saturated carbocycles. The molecule has 2 heteroatoms. The van der Waals surface area contributed by atoms with Gasteiger partial charge in [-0.05, 0) is 106 Å². The van der Waals surface area contributed by atoms with Gasteiger partial charge in [0.2, 0.25) is 0 Å². The highest BCUT2D eigenvalue weighted by Gasteiger charge is 2.36. The van der Waals surface area contributed by atoms with Gasteiger partial charge in [-0.25, -0.2) is 0 Å². The van der Waals surface area contributed by atoms with E-state index in [2.05, 4.69) is 219 Å². The number of rotatable bonds is 6. The molecular formula is C56H44N2. The lowest BCUT2D eigenvalue weighted by atomic mass is 9.82. The highest BCUT2D eigenvalue weighted by molar-refractivity contribution is 6.17. The number of allylic oxidation sites excluding steroid dienone is 4. The van der Waals surface area contributed by atoms with Crippen LogP contribution >= 0.6 is 0 Å². The Morgan fingerprint density at radius 1 is 0.517 bits per heavy atom. The molecule has 278 valence electrons. The number of fused-ring (bicyclic) bond motifs is 10. The summed E-state index contributed by atoms with van der Waals surface area (Å²) < 4.78 is 4.99. The second-order valence-corrected chi connectivity index (χ2v) is 16.3. The fraction of sp³-hybridized carbons (Fsp3) is 0.107. The average molecular weight is 745 g/mol. The highest BCUT2D eigenvalue weighted by atomic mass is 15.0. The molecule has 58 heavy (non-hydrogen) atoms. The summed E-state index contributed by atoms with van der Waals surface area (Å²) in [4.78, 5) is 0. The second kappa shape index (κ2) is 13.1. The van der Waals surface area contributed by atoms with Crippen LogP contribution in [0.25, 0.3) is 99.1 Å². The molecule has 0 fully saturated rings. The van der Waals surface area contributed by atoms with Crippen LogP contribution in [0.1, 0.15) is 45.2 Å². The van der Waals surface area contributed by atoms with Crippen molar-refractivity contribution in [2.24, 2.45) is 0 Å². The Balaban J connectivity index is 1.25. The topological polar surface area (TPSA) is 9.86 Å². The fourth-order valence-corrected chi connectivity index (χ4v) is 10.1. The van der Waals surface area contributed by atoms with Gasteiger partial charge < -0.3 is 9.13 Å². The zero-order valence-corrected chi connectivity index (χ0v) is 33.4. The SMILES string of the molecule is C/C=C(\C=C/CC)n1c2ccccc2c2c(-c3ccc(-c4cccc5ccccc45)c(-n4c5ccccc5c5cc6c(cc54)C(C)(C)c4ccccc4-6)c3)cccc21. The summed E-state index contributed by atoms with van der Waals surface area (Å²) in [5, 5.41) is 7.56. The molecule has 0 bridgehead atoms. The van der Waals surface area contributed by atoms with Crippen LogP contribution in [0.15, 0.2) is 182 Å². The van der Waals surface area contributed by atoms with E-state index >= 15 is 0 Å². The van der Waals surface area contributed by atoms with Gasteiger partial charge in [0.25, 0.3) is 0 Å². The predicted molar refractivity (Wildman–Crippen MR) is 249 cm³/mol. The van der Waals surface area contributed by atoms with E-state index in [1.807, 2.05) is 0 Å². The van der Waals surface area contributed by atoms with Crippen molar-refractivity contribution in [2.75, 3.05) is 0 Å². The van der Waals surface area contributed by atoms with Crippen LogP contribution in [-0.4, -0.2) is 9.13 Å². The molecule has 1 aliphatic rings. The van der Waals surface area contributed by atoms with Crippen molar-refractivity contribution in [3.8, 4) is 39.1 Å². The third-order valence-electron chi connectivity index (χ3n) is 12.8. The van der Waals surface area contributed by atoms with E-state index in [4.69, 9.17) is 0 Å². The smallest absolute Gasteiger partial charge is 0.0547 e. The zero-order chi connectivity index (χ0) is 39.1. The first-order valence-corrected chi connectivity index (χ1v) is 20.6. The van der Waals surface area contributed by atoms with Crippen molar-refractivity contribution in [3.63, 3.8) is 0 Å². The van der Waals surface area contributed by atoms with Gasteiger partial charge in [-0.1, -0.05) is 160 Å². The summed E-state index contributed by atoms with van der Waals surface area (Å²) in [6.07, 6.45) is 7.72. The molecule has 11 rings (SSSR count). The molecule has 10 aromatic rings. The lowest BCUT2D eigenvalue weighted by Gasteiger charge is -2.22. The van der Waals surface area contributed by atoms with Gasteiger partial charge in [0.1, 0.15) is 0 Å². The van der Waals surface area contributed by atoms with Gasteiger partial charge in [-0.2, -0.15) is 0 Å². The molecule has 0 saturated heterocycles. The molecule has 0 unspecified atom stereocenters. The standard InChI is InChI=1S/C56H44N2/c1-5-7-20-38(6-2)57-51-29-15-12-24-45(51)55-40(25-17-30-52(55)57)37-31-32-44(41-26-16-19-36-18-8-9-21-39(36)41)53(33-37)58-50-28-14-11-23-43(50)47-34-46-42-22-10-13-27-48(42)56(3,4)49(46)35-54(47)58/h6-35H,5H2,1-4H3/b20-7-,38-6+. The molecule has 0 N–H and O–H groups in total. The van der Waals surface area contributed by atoms with Crippen LogP contribution < -0.4 is 0 Å². The summed E-state index contributed by atoms with van der Waals surface area (Å²) in [7, 11) is 0. The second-order valence-electron chi connectivity index (χ2n) is 16.3. The molecule has 0 amide bonds. The number of hydrogen-bond acceptors (Lipinski definition) is 0. The van der Waals surface area contributed by atoms with Gasteiger partial charge in [-0.15, -0.1) is 0 Å². The third-order valence-corrected chi connectivity index (χ3v) is 12.8. The van der Waals surface area contributed by atoms with Gasteiger partial charge in [0.15, 0.2) is 0 Å². The van der Waals surface area contributed by atoms with Crippen molar-refractivity contribution >= 4 is 60.1 Å². The number of nitrogens with zero attached hydrogens (tertiary/aromatic N) is 2. The number of para-hydroxylation sites is 2. The summed E-state index contributed by atoms with van der Waals surface area (Å²) in [5.74, 6) is 0. The minimum Gasteiger partial charge on any atom is -0.310 e. The van der Waals surface area contributed by atoms with Gasteiger partial charge in [0, 0.05) is 38.2 Å². The van der Waals surface area contributed by atoms with Gasteiger partial charge >= 0.3 is 0 Å². The van der Waals surface area contributed by atoms with E-state index in [0.717, 1.165) is 6.42 Å². The quantitative estimate of drug-likeness (QED) is 0.150. The van der Waals surface area contributed by atoms with Crippen LogP contribution in [0, 0.1) is 0 Å². The first-order valence-electron chi connectivity index (χ1n) is 20.6. The van der Waals surface area contributed by atoms with Crippen LogP contribution in [-0.2, 0) is 5.41 Å². The number of aromatic nitrogens is 2. The molecule has 1 aliphatic carbocycles. The Hall–Kier alpha value is -6.90. The van der Waals surface area contributed by atoms with Crippen molar-refractivity contribution in [3.05, 3.63) is 193 Å². The van der Waals surface area contributed by atoms with E-state index in [-0.39, 0.29) is 5.41 Å². The monoisotopic (exact) mass is 744 g/mol. The van der Waals surface area contributed by atoms with Gasteiger partial charge in [0.05, 0.1) is 27.8 Å². The Bertz CT molecular complexity index is 3360. The van der Waals surface area contributed by atoms with Crippen molar-refractivity contribution in [1.82, 2.24) is 9.13 Å². The van der Waals surface area contributed by atoms with Crippen molar-refractivity contribution in [2.45, 2.75) is 39.5 Å². The molecule has 2 aromatic heterocycles. The normalized spacial score (nSPS) is 13.8. The maximum Gasteiger partial charge on any atom is 0.0547 e. The van der Waals surface area contributed by atoms with Crippen LogP contribution in [0.5, 0.6) is 0 Å². The maximum absolute atomic E-state index is 2.56. The highest BCUT2D eigenvalue weighted by Crippen LogP contribution is 2.51. The van der Waals surface area contributed by atoms with Crippen LogP contribution in [0.3, 0.4) is 0 Å². The molecule has 0 atom stereocenters. The van der Waals surface area contributed by atoms with E-state index in [0.29, 0.717) is 0 Å². The maximum atomic E-state index is 2.56. The molecule has 2 heterocycles. The molecular weight excluding hydrogens is 701 g/mol. The summed E-state index contributed by atoms with van der Waals surface area (Å²) in [5.41, 5.74) is 17.4. The van der Waals surface area contributed by atoms with E-state index in [1.165, 1.54) is 110 Å². The van der Waals surface area contributed by atoms with Crippen molar-refractivity contribution < 1.29 is 0 Å². The Labute approximate surface area is 339 Å². The first kappa shape index (κ1) is 34.4. The summed E-state index contributed by atoms with van der Waals surface area (Å²) >= 11 is 0. The van der Waals surface area contributed by atoms with Crippen LogP contribution in [0.2, 0.25) is 0 Å². The summed E-state index contributed by atoms with van der Waals surface area (Å²) in [6, 6.07) is 61.3. The van der Waals surface area contributed by atoms with E-state index in [9.17, 15) is 0 Å². The zero-order valence-electron chi connectivity index (χ0n) is 33.4. The average Bonchev–Trinajstić information content (AvgIpc) is 3.86. The predicted octanol–water partition coefficient (Wildman–Crippen LogP) is 15.5. The van der Waals surface area contributed by atoms with E-state index in [1.54, 1.807) is 0 Å². The lowest BCUT2D eigenvalue weighted by Crippen LogP contribution is -2.15. The van der Waals surface area contributed by atoms with Crippen molar-refractivity contribution in [1.29, 1.82) is 0 Å². The fourth-order valence-electron chi connectivity index (χ4n) is 10.1. The van der Waals surface area contributed by atoms with Crippen LogP contribution in [0.4, 0.5) is 0 Å². The van der Waals surface area contributed by atoms with Gasteiger partial charge in [-0.3, -0.25) is 0 Å². The molecule has 8 aromatic carbocycles. The first-order chi connectivity index (χ1) is 28.5. The number of hydrogen-bond donors (Lipinski definition) is 0. The third kappa shape index (κ3) is 4.91. The Morgan fingerprint density at radius 3 is 2.03 bits per heavy atom. The van der Waals surface area contributed by atoms with E-state index < -0.39 is 0 Å². The Morgan fingerprint density at radius 2 is 1.19 bits per heavy atom. The summed E-state index contributed by atoms with van der Waals surface area (Å²) in [6.45, 7) is 9.09. The minimum absolute atomic E-state index is 0.121. The largest absolute Gasteiger partial charge is 0.310 e. The molecule has 0 aliphatic heterocycles. The molecule has 0 spiro atoms. The molecule has 2 nitrogen and oxygen atoms in total. The lowest BCUT2D eigenvalue weighted by molar-refractivity contribution is 0.661. The minimum atomic E-state index is -0.121. The molecule has 0 radical (unpaired) electrons. The Kier molecular flexibility index (Phi) is 7.75. The number of benzene rings is 8.